The van der Waals surface area contributed by atoms with E-state index in [0.717, 1.165) is 12.3 Å². The molecule has 0 aromatic heterocycles. The van der Waals surface area contributed by atoms with E-state index in [0.29, 0.717) is 0 Å². The van der Waals surface area contributed by atoms with Crippen LogP contribution < -0.4 is 10.6 Å². The van der Waals surface area contributed by atoms with Gasteiger partial charge in [-0.1, -0.05) is 35.3 Å². The Bertz CT molecular complexity index is 417. The topological polar surface area (TPSA) is 29.3 Å². The van der Waals surface area contributed by atoms with Gasteiger partial charge in [-0.15, -0.1) is 0 Å². The first-order valence-corrected chi connectivity index (χ1v) is 8.18. The van der Waals surface area contributed by atoms with Crippen LogP contribution in [0.15, 0.2) is 22.7 Å². The number of hydrogen-bond donors (Lipinski definition) is 1. The van der Waals surface area contributed by atoms with E-state index >= 15 is 0 Å². The van der Waals surface area contributed by atoms with Crippen LogP contribution in [0, 0.1) is 5.92 Å². The molecule has 2 rings (SSSR count). The van der Waals surface area contributed by atoms with E-state index in [1.807, 2.05) is 0 Å². The summed E-state index contributed by atoms with van der Waals surface area (Å²) in [7, 11) is 0. The highest BCUT2D eigenvalue weighted by Crippen LogP contribution is 2.30. The molecule has 2 N–H and O–H groups in total. The van der Waals surface area contributed by atoms with E-state index in [4.69, 9.17) is 5.73 Å². The predicted octanol–water partition coefficient (Wildman–Crippen LogP) is 3.97. The summed E-state index contributed by atoms with van der Waals surface area (Å²) in [6.45, 7) is 6.74. The smallest absolute Gasteiger partial charge is 0.0377 e. The number of nitrogens with two attached hydrogens (primary N) is 1. The fourth-order valence-corrected chi connectivity index (χ4v) is 3.48. The molecule has 0 aliphatic carbocycles. The van der Waals surface area contributed by atoms with Crippen molar-refractivity contribution in [1.82, 2.24) is 0 Å². The number of halogens is 1. The van der Waals surface area contributed by atoms with E-state index in [-0.39, 0.29) is 6.04 Å². The maximum absolute atomic E-state index is 5.87. The highest BCUT2D eigenvalue weighted by molar-refractivity contribution is 9.10. The molecule has 0 saturated carbocycles. The van der Waals surface area contributed by atoms with Gasteiger partial charge in [-0.2, -0.15) is 0 Å². The van der Waals surface area contributed by atoms with Gasteiger partial charge >= 0.3 is 0 Å². The van der Waals surface area contributed by atoms with Crippen LogP contribution in [0.3, 0.4) is 0 Å². The van der Waals surface area contributed by atoms with Crippen molar-refractivity contribution in [3.05, 3.63) is 28.2 Å². The van der Waals surface area contributed by atoms with Crippen LogP contribution in [-0.2, 0) is 6.42 Å². The van der Waals surface area contributed by atoms with Crippen molar-refractivity contribution >= 4 is 21.6 Å². The molecule has 1 fully saturated rings. The molecule has 2 atom stereocenters. The third kappa shape index (κ3) is 3.96. The highest BCUT2D eigenvalue weighted by Gasteiger charge is 2.22. The Balaban J connectivity index is 2.04. The van der Waals surface area contributed by atoms with Crippen LogP contribution in [0.4, 0.5) is 5.69 Å². The third-order valence-corrected chi connectivity index (χ3v) is 4.66. The Morgan fingerprint density at radius 2 is 2.26 bits per heavy atom. The van der Waals surface area contributed by atoms with Gasteiger partial charge in [0.05, 0.1) is 0 Å². The Morgan fingerprint density at radius 3 is 2.89 bits per heavy atom. The van der Waals surface area contributed by atoms with Crippen LogP contribution in [0.5, 0.6) is 0 Å². The van der Waals surface area contributed by atoms with Gasteiger partial charge in [0.1, 0.15) is 0 Å². The normalized spacial score (nSPS) is 20.8. The van der Waals surface area contributed by atoms with Crippen LogP contribution in [0.25, 0.3) is 0 Å². The lowest BCUT2D eigenvalue weighted by atomic mass is 10.0. The lowest BCUT2D eigenvalue weighted by molar-refractivity contribution is 0.530. The minimum atomic E-state index is 0.211. The summed E-state index contributed by atoms with van der Waals surface area (Å²) in [5.41, 5.74) is 8.53. The number of rotatable bonds is 5. The number of nitrogens with zero attached hydrogens (tertiary/aromatic N) is 1. The summed E-state index contributed by atoms with van der Waals surface area (Å²) >= 11 is 3.69. The van der Waals surface area contributed by atoms with Gasteiger partial charge in [0.25, 0.3) is 0 Å². The summed E-state index contributed by atoms with van der Waals surface area (Å²) < 4.78 is 1.20. The van der Waals surface area contributed by atoms with Crippen LogP contribution >= 0.6 is 15.9 Å². The molecule has 0 radical (unpaired) electrons. The second-order valence-electron chi connectivity index (χ2n) is 5.85. The Labute approximate surface area is 125 Å². The summed E-state index contributed by atoms with van der Waals surface area (Å²) in [5.74, 6) is 0.882. The molecule has 19 heavy (non-hydrogen) atoms. The molecule has 1 aromatic rings. The van der Waals surface area contributed by atoms with Crippen molar-refractivity contribution < 1.29 is 0 Å². The van der Waals surface area contributed by atoms with Crippen molar-refractivity contribution in [2.75, 3.05) is 18.0 Å². The zero-order valence-electron chi connectivity index (χ0n) is 12.0. The second-order valence-corrected chi connectivity index (χ2v) is 6.70. The van der Waals surface area contributed by atoms with E-state index in [2.05, 4.69) is 52.9 Å². The molecule has 3 heteroatoms. The van der Waals surface area contributed by atoms with Gasteiger partial charge in [-0.25, -0.2) is 0 Å². The number of hydrogen-bond acceptors (Lipinski definition) is 2. The molecule has 1 heterocycles. The van der Waals surface area contributed by atoms with Gasteiger partial charge in [0.15, 0.2) is 0 Å². The van der Waals surface area contributed by atoms with Crippen molar-refractivity contribution in [1.29, 1.82) is 0 Å². The highest BCUT2D eigenvalue weighted by atomic mass is 79.9. The Kier molecular flexibility index (Phi) is 5.28. The Hall–Kier alpha value is -0.540. The predicted molar refractivity (Wildman–Crippen MR) is 86.7 cm³/mol. The molecule has 1 aliphatic heterocycles. The van der Waals surface area contributed by atoms with E-state index in [1.54, 1.807) is 0 Å². The largest absolute Gasteiger partial charge is 0.371 e. The van der Waals surface area contributed by atoms with Gasteiger partial charge in [0, 0.05) is 29.3 Å². The molecular formula is C16H25BrN2. The molecule has 1 aromatic carbocycles. The minimum Gasteiger partial charge on any atom is -0.371 e. The first-order valence-electron chi connectivity index (χ1n) is 7.39. The van der Waals surface area contributed by atoms with E-state index < -0.39 is 0 Å². The fourth-order valence-electron chi connectivity index (χ4n) is 2.96. The zero-order valence-corrected chi connectivity index (χ0v) is 13.6. The monoisotopic (exact) mass is 324 g/mol. The SMILES string of the molecule is CCCC1CCN(c2ccc(CC(C)N)c(Br)c2)C1. The van der Waals surface area contributed by atoms with Crippen molar-refractivity contribution in [3.8, 4) is 0 Å². The van der Waals surface area contributed by atoms with Crippen LogP contribution in [0.2, 0.25) is 0 Å². The average molecular weight is 325 g/mol. The average Bonchev–Trinajstić information content (AvgIpc) is 2.80. The maximum atomic E-state index is 5.87. The number of anilines is 1. The first kappa shape index (κ1) is 14.9. The molecule has 0 spiro atoms. The van der Waals surface area contributed by atoms with Crippen LogP contribution in [0.1, 0.15) is 38.7 Å². The van der Waals surface area contributed by atoms with E-state index in [9.17, 15) is 0 Å². The fraction of sp³-hybridized carbons (Fsp3) is 0.625. The molecule has 1 aliphatic rings. The summed E-state index contributed by atoms with van der Waals surface area (Å²) in [6.07, 6.45) is 4.93. The van der Waals surface area contributed by atoms with Gasteiger partial charge in [-0.3, -0.25) is 0 Å². The zero-order chi connectivity index (χ0) is 13.8. The maximum Gasteiger partial charge on any atom is 0.0377 e. The second kappa shape index (κ2) is 6.76. The third-order valence-electron chi connectivity index (χ3n) is 3.93. The summed E-state index contributed by atoms with van der Waals surface area (Å²) in [5, 5.41) is 0. The van der Waals surface area contributed by atoms with Crippen molar-refractivity contribution in [2.24, 2.45) is 11.7 Å². The molecule has 2 unspecified atom stereocenters. The van der Waals surface area contributed by atoms with E-state index in [1.165, 1.54) is 48.1 Å². The molecule has 0 bridgehead atoms. The minimum absolute atomic E-state index is 0.211. The summed E-state index contributed by atoms with van der Waals surface area (Å²) in [4.78, 5) is 2.51. The van der Waals surface area contributed by atoms with Gasteiger partial charge in [0.2, 0.25) is 0 Å². The molecule has 2 nitrogen and oxygen atoms in total. The number of benzene rings is 1. The molecule has 1 saturated heterocycles. The van der Waals surface area contributed by atoms with Crippen molar-refractivity contribution in [2.45, 2.75) is 45.6 Å². The lowest BCUT2D eigenvalue weighted by Gasteiger charge is -2.20. The molecule has 106 valence electrons. The molecule has 0 amide bonds. The Morgan fingerprint density at radius 1 is 1.47 bits per heavy atom. The van der Waals surface area contributed by atoms with Gasteiger partial charge in [-0.05, 0) is 49.8 Å². The lowest BCUT2D eigenvalue weighted by Crippen LogP contribution is -2.20. The van der Waals surface area contributed by atoms with Gasteiger partial charge < -0.3 is 10.6 Å². The first-order chi connectivity index (χ1) is 9.10. The van der Waals surface area contributed by atoms with Crippen LogP contribution in [-0.4, -0.2) is 19.1 Å². The molecular weight excluding hydrogens is 300 g/mol. The quantitative estimate of drug-likeness (QED) is 0.888. The summed E-state index contributed by atoms with van der Waals surface area (Å²) in [6, 6.07) is 6.93. The standard InChI is InChI=1S/C16H25BrN2/c1-3-4-13-7-8-19(11-13)15-6-5-14(9-12(2)18)16(17)10-15/h5-6,10,12-13H,3-4,7-9,11,18H2,1-2H3. The van der Waals surface area contributed by atoms with Crippen molar-refractivity contribution in [3.63, 3.8) is 0 Å².